The molecule has 1 unspecified atom stereocenters. The van der Waals surface area contributed by atoms with E-state index in [-0.39, 0.29) is 11.1 Å². The lowest BCUT2D eigenvalue weighted by Gasteiger charge is -2.37. The van der Waals surface area contributed by atoms with Crippen molar-refractivity contribution in [3.8, 4) is 0 Å². The van der Waals surface area contributed by atoms with Gasteiger partial charge in [-0.1, -0.05) is 13.8 Å². The Morgan fingerprint density at radius 3 is 2.62 bits per heavy atom. The monoisotopic (exact) mass is 332 g/mol. The zero-order valence-corrected chi connectivity index (χ0v) is 16.1. The summed E-state index contributed by atoms with van der Waals surface area (Å²) < 4.78 is 8.24. The SMILES string of the molecule is [CH2]C(C)(Cc1cn(C)nc1C1CCC2(CC1)CC(C)(C)CO2)NC. The summed E-state index contributed by atoms with van der Waals surface area (Å²) in [5.41, 5.74) is 2.96. The molecule has 1 saturated heterocycles. The summed E-state index contributed by atoms with van der Waals surface area (Å²) in [6.45, 7) is 12.0. The van der Waals surface area contributed by atoms with Gasteiger partial charge < -0.3 is 10.1 Å². The molecule has 4 heteroatoms. The molecule has 1 aromatic heterocycles. The van der Waals surface area contributed by atoms with Crippen molar-refractivity contribution < 1.29 is 4.74 Å². The predicted molar refractivity (Wildman–Crippen MR) is 98.0 cm³/mol. The van der Waals surface area contributed by atoms with Gasteiger partial charge in [-0.05, 0) is 70.4 Å². The van der Waals surface area contributed by atoms with Crippen molar-refractivity contribution in [2.45, 2.75) is 76.4 Å². The van der Waals surface area contributed by atoms with E-state index in [0.29, 0.717) is 11.3 Å². The van der Waals surface area contributed by atoms with Crippen LogP contribution in [0.1, 0.15) is 70.1 Å². The summed E-state index contributed by atoms with van der Waals surface area (Å²) in [5.74, 6) is 0.562. The lowest BCUT2D eigenvalue weighted by atomic mass is 9.72. The van der Waals surface area contributed by atoms with Gasteiger partial charge in [-0.25, -0.2) is 0 Å². The van der Waals surface area contributed by atoms with E-state index >= 15 is 0 Å². The Bertz CT molecular complexity index is 580. The van der Waals surface area contributed by atoms with E-state index in [1.54, 1.807) is 0 Å². The third-order valence-electron chi connectivity index (χ3n) is 5.97. The van der Waals surface area contributed by atoms with Gasteiger partial charge in [-0.15, -0.1) is 0 Å². The van der Waals surface area contributed by atoms with Gasteiger partial charge >= 0.3 is 0 Å². The highest BCUT2D eigenvalue weighted by molar-refractivity contribution is 5.25. The number of ether oxygens (including phenoxy) is 1. The Labute approximate surface area is 147 Å². The van der Waals surface area contributed by atoms with Gasteiger partial charge in [0.15, 0.2) is 0 Å². The Morgan fingerprint density at radius 1 is 1.42 bits per heavy atom. The molecule has 2 aliphatic rings. The van der Waals surface area contributed by atoms with Gasteiger partial charge in [-0.2, -0.15) is 5.10 Å². The summed E-state index contributed by atoms with van der Waals surface area (Å²) >= 11 is 0. The van der Waals surface area contributed by atoms with Crippen molar-refractivity contribution in [3.05, 3.63) is 24.4 Å². The van der Waals surface area contributed by atoms with Crippen molar-refractivity contribution in [1.82, 2.24) is 15.1 Å². The summed E-state index contributed by atoms with van der Waals surface area (Å²) in [6, 6.07) is 0. The van der Waals surface area contributed by atoms with Crippen LogP contribution in [0.25, 0.3) is 0 Å². The molecule has 1 aromatic rings. The molecule has 4 nitrogen and oxygen atoms in total. The third kappa shape index (κ3) is 3.70. The molecule has 0 bridgehead atoms. The molecule has 1 N–H and O–H groups in total. The van der Waals surface area contributed by atoms with Crippen LogP contribution in [0, 0.1) is 12.3 Å². The van der Waals surface area contributed by atoms with Gasteiger partial charge in [0.25, 0.3) is 0 Å². The van der Waals surface area contributed by atoms with Crippen molar-refractivity contribution in [2.24, 2.45) is 12.5 Å². The summed E-state index contributed by atoms with van der Waals surface area (Å²) in [4.78, 5) is 0. The van der Waals surface area contributed by atoms with E-state index in [2.05, 4.69) is 39.2 Å². The van der Waals surface area contributed by atoms with Gasteiger partial charge in [0.1, 0.15) is 0 Å². The molecule has 3 rings (SSSR count). The Balaban J connectivity index is 1.71. The molecule has 135 valence electrons. The largest absolute Gasteiger partial charge is 0.374 e. The van der Waals surface area contributed by atoms with Crippen molar-refractivity contribution >= 4 is 0 Å². The molecule has 24 heavy (non-hydrogen) atoms. The molecule has 1 saturated carbocycles. The molecule has 2 fully saturated rings. The molecule has 1 aliphatic carbocycles. The minimum atomic E-state index is -0.147. The van der Waals surface area contributed by atoms with Crippen molar-refractivity contribution in [1.29, 1.82) is 0 Å². The number of aryl methyl sites for hydroxylation is 1. The van der Waals surface area contributed by atoms with Crippen molar-refractivity contribution in [3.63, 3.8) is 0 Å². The van der Waals surface area contributed by atoms with Gasteiger partial charge in [0, 0.05) is 24.7 Å². The Kier molecular flexibility index (Phi) is 4.59. The Hall–Kier alpha value is -0.870. The number of nitrogens with zero attached hydrogens (tertiary/aromatic N) is 2. The van der Waals surface area contributed by atoms with Crippen LogP contribution in [0.3, 0.4) is 0 Å². The third-order valence-corrected chi connectivity index (χ3v) is 5.97. The van der Waals surface area contributed by atoms with E-state index in [1.807, 2.05) is 18.8 Å². The van der Waals surface area contributed by atoms with Crippen LogP contribution >= 0.6 is 0 Å². The van der Waals surface area contributed by atoms with Gasteiger partial charge in [-0.3, -0.25) is 4.68 Å². The highest BCUT2D eigenvalue weighted by atomic mass is 16.5. The van der Waals surface area contributed by atoms with Crippen LogP contribution in [0.2, 0.25) is 0 Å². The van der Waals surface area contributed by atoms with Crippen LogP contribution in [0.15, 0.2) is 6.20 Å². The van der Waals surface area contributed by atoms with Crippen LogP contribution in [-0.2, 0) is 18.2 Å². The fourth-order valence-corrected chi connectivity index (χ4v) is 4.60. The first-order chi connectivity index (χ1) is 11.1. The van der Waals surface area contributed by atoms with E-state index in [4.69, 9.17) is 9.84 Å². The fourth-order valence-electron chi connectivity index (χ4n) is 4.60. The minimum Gasteiger partial charge on any atom is -0.374 e. The molecular formula is C20H34N3O. The Morgan fingerprint density at radius 2 is 2.08 bits per heavy atom. The highest BCUT2D eigenvalue weighted by Crippen LogP contribution is 2.50. The number of aromatic nitrogens is 2. The lowest BCUT2D eigenvalue weighted by Crippen LogP contribution is -2.39. The first kappa shape index (κ1) is 17.9. The number of likely N-dealkylation sites (N-methyl/N-ethyl adjacent to an activating group) is 1. The summed E-state index contributed by atoms with van der Waals surface area (Å²) in [6.07, 6.45) is 9.02. The first-order valence-electron chi connectivity index (χ1n) is 9.34. The quantitative estimate of drug-likeness (QED) is 0.915. The van der Waals surface area contributed by atoms with E-state index in [1.165, 1.54) is 43.4 Å². The predicted octanol–water partition coefficient (Wildman–Crippen LogP) is 3.62. The number of rotatable bonds is 4. The van der Waals surface area contributed by atoms with Crippen LogP contribution in [0.4, 0.5) is 0 Å². The molecule has 1 radical (unpaired) electrons. The maximum atomic E-state index is 6.27. The van der Waals surface area contributed by atoms with Crippen LogP contribution in [-0.4, -0.2) is 34.6 Å². The molecule has 1 atom stereocenters. The topological polar surface area (TPSA) is 39.1 Å². The fraction of sp³-hybridized carbons (Fsp3) is 0.800. The maximum Gasteiger partial charge on any atom is 0.0689 e. The summed E-state index contributed by atoms with van der Waals surface area (Å²) in [5, 5.41) is 8.13. The maximum absolute atomic E-state index is 6.27. The number of hydrogen-bond donors (Lipinski definition) is 1. The average molecular weight is 333 g/mol. The normalized spacial score (nSPS) is 30.2. The lowest BCUT2D eigenvalue weighted by molar-refractivity contribution is -0.0296. The highest BCUT2D eigenvalue weighted by Gasteiger charge is 2.46. The average Bonchev–Trinajstić information content (AvgIpc) is 3.00. The second-order valence-corrected chi connectivity index (χ2v) is 9.29. The number of nitrogens with one attached hydrogen (secondary N) is 1. The molecular weight excluding hydrogens is 298 g/mol. The van der Waals surface area contributed by atoms with Crippen LogP contribution in [0.5, 0.6) is 0 Å². The summed E-state index contributed by atoms with van der Waals surface area (Å²) in [7, 11) is 4.01. The van der Waals surface area contributed by atoms with Gasteiger partial charge in [0.2, 0.25) is 0 Å². The van der Waals surface area contributed by atoms with Crippen LogP contribution < -0.4 is 5.32 Å². The zero-order chi connectivity index (χ0) is 17.6. The second kappa shape index (κ2) is 6.14. The molecule has 1 aliphatic heterocycles. The van der Waals surface area contributed by atoms with E-state index in [9.17, 15) is 0 Å². The molecule has 0 amide bonds. The van der Waals surface area contributed by atoms with Crippen molar-refractivity contribution in [2.75, 3.05) is 13.7 Å². The first-order valence-corrected chi connectivity index (χ1v) is 9.34. The number of hydrogen-bond acceptors (Lipinski definition) is 3. The van der Waals surface area contributed by atoms with E-state index < -0.39 is 0 Å². The molecule has 2 heterocycles. The standard InChI is InChI=1S/C20H34N3O/c1-18(2)13-20(24-14-18)9-7-15(8-10-20)17-16(12-23(6)22-17)11-19(3,4)21-5/h12,15,21H,3,7-11,13-14H2,1-2,4-6H3. The molecule has 0 aromatic carbocycles. The van der Waals surface area contributed by atoms with E-state index in [0.717, 1.165) is 13.0 Å². The second-order valence-electron chi connectivity index (χ2n) is 9.29. The smallest absolute Gasteiger partial charge is 0.0689 e. The molecule has 1 spiro atoms. The zero-order valence-electron chi connectivity index (χ0n) is 16.1. The van der Waals surface area contributed by atoms with Gasteiger partial charge in [0.05, 0.1) is 17.9 Å². The minimum absolute atomic E-state index is 0.140.